The monoisotopic (exact) mass is 553 g/mol. The van der Waals surface area contributed by atoms with Gasteiger partial charge in [-0.1, -0.05) is 11.6 Å². The van der Waals surface area contributed by atoms with Crippen LogP contribution in [0.2, 0.25) is 5.02 Å². The molecule has 0 saturated carbocycles. The average molecular weight is 554 g/mol. The van der Waals surface area contributed by atoms with Crippen molar-refractivity contribution in [3.63, 3.8) is 0 Å². The van der Waals surface area contributed by atoms with E-state index in [9.17, 15) is 28.1 Å². The van der Waals surface area contributed by atoms with Crippen LogP contribution in [0.3, 0.4) is 0 Å². The number of amides is 1. The van der Waals surface area contributed by atoms with Crippen molar-refractivity contribution >= 4 is 34.6 Å². The van der Waals surface area contributed by atoms with E-state index >= 15 is 0 Å². The summed E-state index contributed by atoms with van der Waals surface area (Å²) in [5.41, 5.74) is -0.744. The molecule has 1 amide bonds. The lowest BCUT2D eigenvalue weighted by atomic mass is 10.0. The average Bonchev–Trinajstić information content (AvgIpc) is 2.89. The number of nitrogens with zero attached hydrogens (tertiary/aromatic N) is 4. The van der Waals surface area contributed by atoms with Crippen molar-refractivity contribution in [2.45, 2.75) is 37.9 Å². The fourth-order valence-corrected chi connectivity index (χ4v) is 5.16. The van der Waals surface area contributed by atoms with Gasteiger partial charge in [0.1, 0.15) is 5.56 Å². The fourth-order valence-electron chi connectivity index (χ4n) is 5.03. The van der Waals surface area contributed by atoms with Crippen molar-refractivity contribution in [2.75, 3.05) is 55.6 Å². The van der Waals surface area contributed by atoms with Crippen LogP contribution >= 0.6 is 11.6 Å². The van der Waals surface area contributed by atoms with Crippen LogP contribution in [0.15, 0.2) is 42.5 Å². The zero-order valence-electron chi connectivity index (χ0n) is 20.9. The summed E-state index contributed by atoms with van der Waals surface area (Å²) in [4.78, 5) is 28.9. The number of alkyl halides is 3. The zero-order valence-corrected chi connectivity index (χ0v) is 21.7. The lowest BCUT2D eigenvalue weighted by molar-refractivity contribution is -0.388. The minimum absolute atomic E-state index is 0.0158. The third kappa shape index (κ3) is 7.28. The van der Waals surface area contributed by atoms with Crippen LogP contribution in [-0.2, 0) is 11.0 Å². The summed E-state index contributed by atoms with van der Waals surface area (Å²) in [6.45, 7) is 5.47. The molecule has 2 aliphatic heterocycles. The molecule has 8 nitrogen and oxygen atoms in total. The molecule has 206 valence electrons. The van der Waals surface area contributed by atoms with Crippen LogP contribution < -0.4 is 15.1 Å². The summed E-state index contributed by atoms with van der Waals surface area (Å²) in [7, 11) is 0. The number of nitro groups is 1. The fraction of sp³-hybridized carbons (Fsp3) is 0.500. The van der Waals surface area contributed by atoms with Crippen LogP contribution in [0.4, 0.5) is 30.2 Å². The number of benzene rings is 2. The second-order valence-electron chi connectivity index (χ2n) is 9.69. The molecule has 0 aliphatic carbocycles. The predicted octanol–water partition coefficient (Wildman–Crippen LogP) is 4.95. The molecule has 4 rings (SSSR count). The van der Waals surface area contributed by atoms with Crippen molar-refractivity contribution in [1.29, 1.82) is 0 Å². The Hall–Kier alpha value is -3.05. The molecule has 38 heavy (non-hydrogen) atoms. The first-order chi connectivity index (χ1) is 18.1. The summed E-state index contributed by atoms with van der Waals surface area (Å²) in [6, 6.07) is 10.9. The summed E-state index contributed by atoms with van der Waals surface area (Å²) >= 11 is 5.97. The second-order valence-corrected chi connectivity index (χ2v) is 10.1. The van der Waals surface area contributed by atoms with Gasteiger partial charge in [0.25, 0.3) is 5.69 Å². The van der Waals surface area contributed by atoms with E-state index in [1.165, 1.54) is 6.07 Å². The largest absolute Gasteiger partial charge is 0.423 e. The third-order valence-corrected chi connectivity index (χ3v) is 7.40. The number of halogens is 4. The highest BCUT2D eigenvalue weighted by Crippen LogP contribution is 2.38. The van der Waals surface area contributed by atoms with Crippen LogP contribution in [0.25, 0.3) is 0 Å². The van der Waals surface area contributed by atoms with Crippen molar-refractivity contribution in [1.82, 2.24) is 10.2 Å². The Bertz CT molecular complexity index is 1120. The number of hydrogen-bond donors (Lipinski definition) is 1. The van der Waals surface area contributed by atoms with E-state index in [4.69, 9.17) is 11.6 Å². The number of hydrogen-bond acceptors (Lipinski definition) is 6. The standard InChI is InChI=1S/C26H31ClF3N5O3/c27-19-3-5-21(6-4-19)34-16-14-32(15-17-34)11-1-2-25(36)31-20-9-12-33(13-10-20)22-7-8-24(35(37)38)23(18-22)26(28,29)30/h3-8,18,20H,1-2,9-17H2,(H,31,36). The Labute approximate surface area is 224 Å². The van der Waals surface area contributed by atoms with Gasteiger partial charge < -0.3 is 15.1 Å². The Morgan fingerprint density at radius 3 is 2.18 bits per heavy atom. The molecular formula is C26H31ClF3N5O3. The second kappa shape index (κ2) is 12.2. The van der Waals surface area contributed by atoms with E-state index < -0.39 is 22.4 Å². The Kier molecular flexibility index (Phi) is 8.99. The minimum Gasteiger partial charge on any atom is -0.371 e. The number of nitro benzene ring substituents is 1. The van der Waals surface area contributed by atoms with Gasteiger partial charge in [-0.2, -0.15) is 13.2 Å². The molecule has 2 heterocycles. The zero-order chi connectivity index (χ0) is 27.3. The normalized spacial score (nSPS) is 17.5. The Morgan fingerprint density at radius 1 is 0.974 bits per heavy atom. The van der Waals surface area contributed by atoms with Gasteiger partial charge in [0.05, 0.1) is 4.92 Å². The van der Waals surface area contributed by atoms with E-state index in [-0.39, 0.29) is 11.9 Å². The highest BCUT2D eigenvalue weighted by Gasteiger charge is 2.39. The molecule has 2 aliphatic rings. The third-order valence-electron chi connectivity index (χ3n) is 7.15. The van der Waals surface area contributed by atoms with Gasteiger partial charge in [0, 0.05) is 74.2 Å². The number of carbonyl (C=O) groups excluding carboxylic acids is 1. The molecule has 1 N–H and O–H groups in total. The van der Waals surface area contributed by atoms with Crippen LogP contribution in [-0.4, -0.2) is 67.6 Å². The SMILES string of the molecule is O=C(CCCN1CCN(c2ccc(Cl)cc2)CC1)NC1CCN(c2ccc([N+](=O)[O-])c(C(F)(F)F)c2)CC1. The van der Waals surface area contributed by atoms with E-state index in [0.717, 1.165) is 62.0 Å². The summed E-state index contributed by atoms with van der Waals surface area (Å²) in [5, 5.41) is 14.8. The molecule has 2 aromatic rings. The number of rotatable bonds is 8. The van der Waals surface area contributed by atoms with Crippen molar-refractivity contribution < 1.29 is 22.9 Å². The molecule has 0 aromatic heterocycles. The molecule has 2 fully saturated rings. The number of piperazine rings is 1. The summed E-state index contributed by atoms with van der Waals surface area (Å²) in [6.07, 6.45) is -2.44. The van der Waals surface area contributed by atoms with Crippen LogP contribution in [0.5, 0.6) is 0 Å². The molecule has 2 aromatic carbocycles. The predicted molar refractivity (Wildman–Crippen MR) is 141 cm³/mol. The molecule has 0 spiro atoms. The van der Waals surface area contributed by atoms with Gasteiger partial charge in [-0.3, -0.25) is 19.8 Å². The molecular weight excluding hydrogens is 523 g/mol. The first-order valence-electron chi connectivity index (χ1n) is 12.7. The van der Waals surface area contributed by atoms with Gasteiger partial charge in [-0.05, 0) is 62.2 Å². The topological polar surface area (TPSA) is 82.0 Å². The van der Waals surface area contributed by atoms with Gasteiger partial charge in [0.15, 0.2) is 0 Å². The maximum Gasteiger partial charge on any atom is 0.423 e. The number of carbonyl (C=O) groups is 1. The smallest absolute Gasteiger partial charge is 0.371 e. The maximum atomic E-state index is 13.3. The highest BCUT2D eigenvalue weighted by atomic mass is 35.5. The highest BCUT2D eigenvalue weighted by molar-refractivity contribution is 6.30. The summed E-state index contributed by atoms with van der Waals surface area (Å²) < 4.78 is 39.9. The first-order valence-corrected chi connectivity index (χ1v) is 13.1. The van der Waals surface area contributed by atoms with E-state index in [1.807, 2.05) is 24.3 Å². The van der Waals surface area contributed by atoms with Gasteiger partial charge >= 0.3 is 6.18 Å². The summed E-state index contributed by atoms with van der Waals surface area (Å²) in [5.74, 6) is -0.0158. The quantitative estimate of drug-likeness (QED) is 0.368. The molecule has 0 unspecified atom stereocenters. The van der Waals surface area contributed by atoms with E-state index in [1.54, 1.807) is 4.90 Å². The van der Waals surface area contributed by atoms with Crippen LogP contribution in [0.1, 0.15) is 31.2 Å². The minimum atomic E-state index is -4.81. The number of anilines is 2. The molecule has 0 atom stereocenters. The van der Waals surface area contributed by atoms with Gasteiger partial charge in [-0.15, -0.1) is 0 Å². The lowest BCUT2D eigenvalue weighted by Gasteiger charge is -2.36. The molecule has 0 radical (unpaired) electrons. The number of nitrogens with one attached hydrogen (secondary N) is 1. The van der Waals surface area contributed by atoms with Crippen molar-refractivity contribution in [3.8, 4) is 0 Å². The maximum absolute atomic E-state index is 13.3. The van der Waals surface area contributed by atoms with E-state index in [0.29, 0.717) is 38.0 Å². The van der Waals surface area contributed by atoms with Crippen LogP contribution in [0, 0.1) is 10.1 Å². The lowest BCUT2D eigenvalue weighted by Crippen LogP contribution is -2.47. The van der Waals surface area contributed by atoms with Gasteiger partial charge in [-0.25, -0.2) is 0 Å². The Balaban J connectivity index is 1.16. The van der Waals surface area contributed by atoms with Crippen molar-refractivity contribution in [3.05, 3.63) is 63.2 Å². The molecule has 0 bridgehead atoms. The van der Waals surface area contributed by atoms with Gasteiger partial charge in [0.2, 0.25) is 5.91 Å². The molecule has 12 heteroatoms. The number of piperidine rings is 1. The first kappa shape index (κ1) is 28.0. The molecule has 2 saturated heterocycles. The van der Waals surface area contributed by atoms with Crippen molar-refractivity contribution in [2.24, 2.45) is 0 Å². The Morgan fingerprint density at radius 2 is 1.58 bits per heavy atom. The van der Waals surface area contributed by atoms with E-state index in [2.05, 4.69) is 15.1 Å².